The first-order valence-corrected chi connectivity index (χ1v) is 8.20. The molecule has 0 aromatic heterocycles. The molecule has 19 heavy (non-hydrogen) atoms. The summed E-state index contributed by atoms with van der Waals surface area (Å²) in [5, 5.41) is 0. The fourth-order valence-corrected chi connectivity index (χ4v) is 2.60. The van der Waals surface area contributed by atoms with Gasteiger partial charge in [-0.15, -0.1) is 0 Å². The summed E-state index contributed by atoms with van der Waals surface area (Å²) in [6, 6.07) is 0. The van der Waals surface area contributed by atoms with Crippen molar-refractivity contribution < 1.29 is 4.79 Å². The van der Waals surface area contributed by atoms with Gasteiger partial charge in [0.25, 0.3) is 0 Å². The lowest BCUT2D eigenvalue weighted by Crippen LogP contribution is -2.10. The zero-order valence-corrected chi connectivity index (χ0v) is 13.6. The maximum Gasteiger partial charge on any atom is 0.217 e. The molecule has 2 nitrogen and oxygen atoms in total. The van der Waals surface area contributed by atoms with Crippen LogP contribution in [0.4, 0.5) is 0 Å². The van der Waals surface area contributed by atoms with Gasteiger partial charge >= 0.3 is 0 Å². The third kappa shape index (κ3) is 13.7. The quantitative estimate of drug-likeness (QED) is 0.537. The Morgan fingerprint density at radius 2 is 1.21 bits per heavy atom. The molecule has 1 amide bonds. The van der Waals surface area contributed by atoms with Crippen LogP contribution in [-0.4, -0.2) is 5.91 Å². The van der Waals surface area contributed by atoms with Gasteiger partial charge in [0, 0.05) is 6.42 Å². The second-order valence-electron chi connectivity index (χ2n) is 6.82. The van der Waals surface area contributed by atoms with Gasteiger partial charge in [0.2, 0.25) is 5.91 Å². The Balaban J connectivity index is 3.42. The topological polar surface area (TPSA) is 43.1 Å². The molecule has 2 atom stereocenters. The van der Waals surface area contributed by atoms with E-state index in [0.717, 1.165) is 30.6 Å². The number of rotatable bonds is 12. The van der Waals surface area contributed by atoms with Crippen LogP contribution in [0.15, 0.2) is 0 Å². The third-order valence-electron chi connectivity index (χ3n) is 3.99. The summed E-state index contributed by atoms with van der Waals surface area (Å²) >= 11 is 0. The minimum atomic E-state index is -0.161. The second-order valence-corrected chi connectivity index (χ2v) is 6.82. The molecule has 0 aliphatic rings. The van der Waals surface area contributed by atoms with Gasteiger partial charge in [0.1, 0.15) is 0 Å². The third-order valence-corrected chi connectivity index (χ3v) is 3.99. The Labute approximate surface area is 120 Å². The summed E-state index contributed by atoms with van der Waals surface area (Å²) < 4.78 is 0. The first-order chi connectivity index (χ1) is 8.91. The van der Waals surface area contributed by atoms with Gasteiger partial charge in [-0.2, -0.15) is 0 Å². The summed E-state index contributed by atoms with van der Waals surface area (Å²) in [5.41, 5.74) is 5.15. The van der Waals surface area contributed by atoms with Gasteiger partial charge < -0.3 is 5.73 Å². The number of hydrogen-bond acceptors (Lipinski definition) is 1. The van der Waals surface area contributed by atoms with E-state index >= 15 is 0 Å². The molecule has 2 unspecified atom stereocenters. The van der Waals surface area contributed by atoms with E-state index in [1.807, 2.05) is 0 Å². The summed E-state index contributed by atoms with van der Waals surface area (Å²) in [6.07, 6.45) is 10.8. The van der Waals surface area contributed by atoms with E-state index in [1.54, 1.807) is 0 Å². The highest BCUT2D eigenvalue weighted by atomic mass is 16.1. The molecule has 2 N–H and O–H groups in total. The molecule has 0 bridgehead atoms. The lowest BCUT2D eigenvalue weighted by Gasteiger charge is -2.14. The number of nitrogens with two attached hydrogens (primary N) is 1. The van der Waals surface area contributed by atoms with Gasteiger partial charge in [0.05, 0.1) is 0 Å². The zero-order valence-electron chi connectivity index (χ0n) is 13.6. The summed E-state index contributed by atoms with van der Waals surface area (Å²) in [7, 11) is 0. The minimum Gasteiger partial charge on any atom is -0.370 e. The van der Waals surface area contributed by atoms with E-state index in [4.69, 9.17) is 5.73 Å². The first kappa shape index (κ1) is 18.5. The molecule has 0 aliphatic heterocycles. The van der Waals surface area contributed by atoms with Crippen molar-refractivity contribution in [1.29, 1.82) is 0 Å². The molecule has 0 saturated heterocycles. The van der Waals surface area contributed by atoms with Crippen molar-refractivity contribution in [3.8, 4) is 0 Å². The van der Waals surface area contributed by atoms with Gasteiger partial charge in [-0.1, -0.05) is 72.6 Å². The van der Waals surface area contributed by atoms with Gasteiger partial charge in [-0.25, -0.2) is 0 Å². The maximum absolute atomic E-state index is 10.7. The number of carbonyl (C=O) groups is 1. The van der Waals surface area contributed by atoms with E-state index in [-0.39, 0.29) is 5.91 Å². The van der Waals surface area contributed by atoms with Crippen molar-refractivity contribution in [2.24, 2.45) is 23.5 Å². The van der Waals surface area contributed by atoms with Crippen LogP contribution >= 0.6 is 0 Å². The van der Waals surface area contributed by atoms with E-state index < -0.39 is 0 Å². The van der Waals surface area contributed by atoms with Crippen molar-refractivity contribution in [3.05, 3.63) is 0 Å². The van der Waals surface area contributed by atoms with Crippen LogP contribution in [0.25, 0.3) is 0 Å². The Morgan fingerprint density at radius 3 is 1.63 bits per heavy atom. The minimum absolute atomic E-state index is 0.161. The Hall–Kier alpha value is -0.530. The second kappa shape index (κ2) is 11.3. The van der Waals surface area contributed by atoms with Gasteiger partial charge in [0.15, 0.2) is 0 Å². The van der Waals surface area contributed by atoms with E-state index in [9.17, 15) is 4.79 Å². The van der Waals surface area contributed by atoms with Crippen LogP contribution in [-0.2, 0) is 4.79 Å². The fraction of sp³-hybridized carbons (Fsp3) is 0.941. The van der Waals surface area contributed by atoms with E-state index in [1.165, 1.54) is 38.5 Å². The highest BCUT2D eigenvalue weighted by molar-refractivity contribution is 5.73. The van der Waals surface area contributed by atoms with Crippen molar-refractivity contribution >= 4 is 5.91 Å². The maximum atomic E-state index is 10.7. The van der Waals surface area contributed by atoms with Crippen LogP contribution in [0.3, 0.4) is 0 Å². The molecule has 0 fully saturated rings. The molecule has 0 rings (SSSR count). The smallest absolute Gasteiger partial charge is 0.217 e. The molecule has 2 heteroatoms. The number of primary amides is 1. The van der Waals surface area contributed by atoms with E-state index in [2.05, 4.69) is 27.7 Å². The van der Waals surface area contributed by atoms with E-state index in [0.29, 0.717) is 6.42 Å². The van der Waals surface area contributed by atoms with Gasteiger partial charge in [-0.05, 0) is 24.2 Å². The largest absolute Gasteiger partial charge is 0.370 e. The fourth-order valence-electron chi connectivity index (χ4n) is 2.60. The van der Waals surface area contributed by atoms with Crippen molar-refractivity contribution in [1.82, 2.24) is 0 Å². The van der Waals surface area contributed by atoms with Crippen LogP contribution in [0.1, 0.15) is 85.5 Å². The van der Waals surface area contributed by atoms with Crippen LogP contribution in [0.5, 0.6) is 0 Å². The molecule has 0 aliphatic carbocycles. The molecular formula is C17H35NO. The average Bonchev–Trinajstić information content (AvgIpc) is 2.27. The monoisotopic (exact) mass is 269 g/mol. The number of amides is 1. The average molecular weight is 269 g/mol. The van der Waals surface area contributed by atoms with Gasteiger partial charge in [-0.3, -0.25) is 4.79 Å². The molecular weight excluding hydrogens is 234 g/mol. The first-order valence-electron chi connectivity index (χ1n) is 8.20. The highest BCUT2D eigenvalue weighted by Crippen LogP contribution is 2.21. The molecule has 0 aromatic rings. The van der Waals surface area contributed by atoms with Crippen LogP contribution < -0.4 is 5.73 Å². The van der Waals surface area contributed by atoms with Crippen LogP contribution in [0, 0.1) is 17.8 Å². The Kier molecular flexibility index (Phi) is 11.0. The zero-order chi connectivity index (χ0) is 14.7. The predicted octanol–water partition coefficient (Wildman–Crippen LogP) is 4.91. The molecule has 0 heterocycles. The SMILES string of the molecule is CC(C)CCCC(C)CCCC(C)CCCC(N)=O. The Morgan fingerprint density at radius 1 is 0.789 bits per heavy atom. The molecule has 0 radical (unpaired) electrons. The molecule has 0 spiro atoms. The lowest BCUT2D eigenvalue weighted by molar-refractivity contribution is -0.118. The predicted molar refractivity (Wildman–Crippen MR) is 83.9 cm³/mol. The number of hydrogen-bond donors (Lipinski definition) is 1. The Bertz CT molecular complexity index is 225. The van der Waals surface area contributed by atoms with Crippen molar-refractivity contribution in [2.45, 2.75) is 85.5 Å². The summed E-state index contributed by atoms with van der Waals surface area (Å²) in [4.78, 5) is 10.7. The highest BCUT2D eigenvalue weighted by Gasteiger charge is 2.06. The van der Waals surface area contributed by atoms with Crippen LogP contribution in [0.2, 0.25) is 0 Å². The standard InChI is InChI=1S/C17H35NO/c1-14(2)8-5-9-15(3)10-6-11-16(4)12-7-13-17(18)19/h14-16H,5-13H2,1-4H3,(H2,18,19). The molecule has 0 saturated carbocycles. The van der Waals surface area contributed by atoms with Crippen molar-refractivity contribution in [3.63, 3.8) is 0 Å². The summed E-state index contributed by atoms with van der Waals surface area (Å²) in [5.74, 6) is 2.29. The lowest BCUT2D eigenvalue weighted by atomic mass is 9.92. The van der Waals surface area contributed by atoms with Crippen molar-refractivity contribution in [2.75, 3.05) is 0 Å². The molecule has 114 valence electrons. The summed E-state index contributed by atoms with van der Waals surface area (Å²) in [6.45, 7) is 9.29. The number of carbonyl (C=O) groups excluding carboxylic acids is 1. The molecule has 0 aromatic carbocycles. The normalized spacial score (nSPS) is 14.6.